The minimum absolute atomic E-state index is 0.0332. The summed E-state index contributed by atoms with van der Waals surface area (Å²) in [5, 5.41) is -0.0332. The van der Waals surface area contributed by atoms with Crippen molar-refractivity contribution in [3.05, 3.63) is 0 Å². The molecule has 0 aliphatic carbocycles. The van der Waals surface area contributed by atoms with Gasteiger partial charge in [0.05, 0.1) is 0 Å². The van der Waals surface area contributed by atoms with Crippen molar-refractivity contribution >= 4 is 17.9 Å². The Hall–Kier alpha value is -0.180. The normalized spacial score (nSPS) is 11.2. The number of carbonyl (C=O) groups is 1. The fraction of sp³-hybridized carbons (Fsp3) is 0.963. The van der Waals surface area contributed by atoms with Gasteiger partial charge in [-0.05, 0) is 12.8 Å². The van der Waals surface area contributed by atoms with Crippen molar-refractivity contribution in [2.45, 2.75) is 155 Å². The van der Waals surface area contributed by atoms with Gasteiger partial charge in [-0.1, -0.05) is 155 Å². The van der Waals surface area contributed by atoms with Crippen molar-refractivity contribution in [1.82, 2.24) is 4.90 Å². The number of amides is 1. The van der Waals surface area contributed by atoms with Crippen LogP contribution in [-0.2, 0) is 0 Å². The molecule has 30 heavy (non-hydrogen) atoms. The summed E-state index contributed by atoms with van der Waals surface area (Å²) in [6.07, 6.45) is 29.8. The second-order valence-corrected chi connectivity index (χ2v) is 9.72. The zero-order chi connectivity index (χ0) is 22.1. The van der Waals surface area contributed by atoms with Crippen LogP contribution in [0.2, 0.25) is 0 Å². The van der Waals surface area contributed by atoms with Crippen LogP contribution in [0.4, 0.5) is 4.79 Å². The Balaban J connectivity index is 3.43. The number of carbonyl (C=O) groups excluding carboxylic acids is 1. The quantitative estimate of drug-likeness (QED) is 0.117. The van der Waals surface area contributed by atoms with Crippen molar-refractivity contribution in [3.8, 4) is 0 Å². The van der Waals surface area contributed by atoms with Gasteiger partial charge in [0.2, 0.25) is 0 Å². The molecule has 2 nitrogen and oxygen atoms in total. The molecule has 0 heterocycles. The van der Waals surface area contributed by atoms with Crippen LogP contribution in [0, 0.1) is 0 Å². The van der Waals surface area contributed by atoms with E-state index in [1.54, 1.807) is 0 Å². The van der Waals surface area contributed by atoms with Gasteiger partial charge in [-0.15, -0.1) is 0 Å². The molecule has 0 saturated heterocycles. The molecule has 0 aromatic heterocycles. The van der Waals surface area contributed by atoms with Gasteiger partial charge in [0.1, 0.15) is 0 Å². The van der Waals surface area contributed by atoms with E-state index < -0.39 is 0 Å². The molecule has 0 aliphatic heterocycles. The number of rotatable bonds is 24. The van der Waals surface area contributed by atoms with Crippen LogP contribution < -0.4 is 0 Å². The van der Waals surface area contributed by atoms with Crippen LogP contribution in [-0.4, -0.2) is 23.2 Å². The first-order valence-corrected chi connectivity index (χ1v) is 14.1. The van der Waals surface area contributed by atoms with E-state index in [1.165, 1.54) is 128 Å². The molecule has 0 saturated carbocycles. The number of unbranched alkanes of at least 4 members (excludes halogenated alkanes) is 20. The van der Waals surface area contributed by atoms with Crippen molar-refractivity contribution in [3.63, 3.8) is 0 Å². The summed E-state index contributed by atoms with van der Waals surface area (Å²) < 4.78 is 0. The molecular weight excluding hydrogens is 386 g/mol. The van der Waals surface area contributed by atoms with E-state index in [-0.39, 0.29) is 5.24 Å². The Morgan fingerprint density at radius 2 is 0.700 bits per heavy atom. The van der Waals surface area contributed by atoms with E-state index in [2.05, 4.69) is 26.5 Å². The highest BCUT2D eigenvalue weighted by atomic mass is 32.1. The molecule has 0 atom stereocenters. The number of nitrogens with zero attached hydrogens (tertiary/aromatic N) is 1. The molecule has 0 aromatic carbocycles. The fourth-order valence-corrected chi connectivity index (χ4v) is 4.44. The zero-order valence-electron chi connectivity index (χ0n) is 20.8. The maximum absolute atomic E-state index is 11.8. The first kappa shape index (κ1) is 29.8. The Morgan fingerprint density at radius 3 is 0.933 bits per heavy atom. The minimum atomic E-state index is -0.0332. The van der Waals surface area contributed by atoms with Crippen LogP contribution in [0.15, 0.2) is 0 Å². The van der Waals surface area contributed by atoms with Crippen molar-refractivity contribution in [2.75, 3.05) is 13.1 Å². The number of hydrogen-bond acceptors (Lipinski definition) is 1. The Morgan fingerprint density at radius 1 is 0.467 bits per heavy atom. The van der Waals surface area contributed by atoms with Crippen LogP contribution in [0.5, 0.6) is 0 Å². The lowest BCUT2D eigenvalue weighted by molar-refractivity contribution is 0.220. The molecule has 180 valence electrons. The highest BCUT2D eigenvalue weighted by Crippen LogP contribution is 2.14. The summed E-state index contributed by atoms with van der Waals surface area (Å²) in [4.78, 5) is 13.7. The van der Waals surface area contributed by atoms with Crippen LogP contribution in [0.1, 0.15) is 155 Å². The summed E-state index contributed by atoms with van der Waals surface area (Å²) in [5.41, 5.74) is 0. The fourth-order valence-electron chi connectivity index (χ4n) is 4.24. The molecule has 0 fully saturated rings. The maximum Gasteiger partial charge on any atom is 0.278 e. The van der Waals surface area contributed by atoms with Crippen LogP contribution in [0.3, 0.4) is 0 Å². The van der Waals surface area contributed by atoms with Gasteiger partial charge < -0.3 is 4.90 Å². The van der Waals surface area contributed by atoms with Gasteiger partial charge in [-0.2, -0.15) is 0 Å². The van der Waals surface area contributed by atoms with Crippen LogP contribution in [0.25, 0.3) is 0 Å². The topological polar surface area (TPSA) is 20.3 Å². The molecular formula is C27H55NOS. The average Bonchev–Trinajstić information content (AvgIpc) is 2.74. The molecule has 1 amide bonds. The molecule has 0 unspecified atom stereocenters. The Bertz CT molecular complexity index is 322. The third-order valence-corrected chi connectivity index (χ3v) is 6.62. The number of thiol groups is 1. The first-order valence-electron chi connectivity index (χ1n) is 13.7. The van der Waals surface area contributed by atoms with E-state index >= 15 is 0 Å². The highest BCUT2D eigenvalue weighted by Gasteiger charge is 2.08. The minimum Gasteiger partial charge on any atom is -0.334 e. The summed E-state index contributed by atoms with van der Waals surface area (Å²) in [6, 6.07) is 0. The van der Waals surface area contributed by atoms with Gasteiger partial charge in [0.25, 0.3) is 5.24 Å². The molecule has 3 heteroatoms. The Labute approximate surface area is 195 Å². The lowest BCUT2D eigenvalue weighted by Crippen LogP contribution is -2.28. The monoisotopic (exact) mass is 441 g/mol. The van der Waals surface area contributed by atoms with Gasteiger partial charge in [0, 0.05) is 13.1 Å². The SMILES string of the molecule is CCCCCCCCCCCCCN(CCCCCCCCCCCCC)C(=O)S. The Kier molecular flexibility index (Phi) is 24.9. The van der Waals surface area contributed by atoms with Gasteiger partial charge >= 0.3 is 0 Å². The summed E-state index contributed by atoms with van der Waals surface area (Å²) in [5.74, 6) is 0. The van der Waals surface area contributed by atoms with E-state index in [1.807, 2.05) is 4.90 Å². The van der Waals surface area contributed by atoms with Crippen molar-refractivity contribution in [2.24, 2.45) is 0 Å². The highest BCUT2D eigenvalue weighted by molar-refractivity contribution is 7.96. The summed E-state index contributed by atoms with van der Waals surface area (Å²) in [6.45, 7) is 6.36. The smallest absolute Gasteiger partial charge is 0.278 e. The van der Waals surface area contributed by atoms with Gasteiger partial charge in [-0.25, -0.2) is 0 Å². The second-order valence-electron chi connectivity index (χ2n) is 9.34. The van der Waals surface area contributed by atoms with Crippen LogP contribution >= 0.6 is 12.6 Å². The summed E-state index contributed by atoms with van der Waals surface area (Å²) >= 11 is 4.09. The first-order chi connectivity index (χ1) is 14.7. The van der Waals surface area contributed by atoms with E-state index in [0.29, 0.717) is 0 Å². The van der Waals surface area contributed by atoms with E-state index in [4.69, 9.17) is 0 Å². The van der Waals surface area contributed by atoms with E-state index in [9.17, 15) is 4.79 Å². The lowest BCUT2D eigenvalue weighted by Gasteiger charge is -2.20. The average molecular weight is 442 g/mol. The molecule has 0 bridgehead atoms. The predicted octanol–water partition coefficient (Wildman–Crippen LogP) is 9.96. The van der Waals surface area contributed by atoms with Gasteiger partial charge in [-0.3, -0.25) is 4.79 Å². The molecule has 0 aliphatic rings. The lowest BCUT2D eigenvalue weighted by atomic mass is 10.1. The maximum atomic E-state index is 11.8. The molecule has 0 radical (unpaired) electrons. The third kappa shape index (κ3) is 22.5. The van der Waals surface area contributed by atoms with Crippen molar-refractivity contribution < 1.29 is 4.79 Å². The zero-order valence-corrected chi connectivity index (χ0v) is 21.7. The standard InChI is InChI=1S/C27H55NOS/c1-3-5-7-9-11-13-15-17-19-21-23-25-28(27(29)30)26-24-22-20-18-16-14-12-10-8-6-4-2/h3-26H2,1-2H3,(H,29,30). The number of hydrogen-bond donors (Lipinski definition) is 1. The van der Waals surface area contributed by atoms with Crippen molar-refractivity contribution in [1.29, 1.82) is 0 Å². The predicted molar refractivity (Wildman–Crippen MR) is 139 cm³/mol. The van der Waals surface area contributed by atoms with Gasteiger partial charge in [0.15, 0.2) is 0 Å². The second kappa shape index (κ2) is 25.1. The molecule has 0 rings (SSSR count). The molecule has 0 spiro atoms. The molecule has 0 aromatic rings. The van der Waals surface area contributed by atoms with E-state index in [0.717, 1.165) is 25.9 Å². The summed E-state index contributed by atoms with van der Waals surface area (Å²) in [7, 11) is 0. The largest absolute Gasteiger partial charge is 0.334 e. The molecule has 0 N–H and O–H groups in total. The third-order valence-electron chi connectivity index (χ3n) is 6.33.